The van der Waals surface area contributed by atoms with Crippen molar-refractivity contribution in [1.29, 1.82) is 0 Å². The maximum Gasteiger partial charge on any atom is 0.282 e. The van der Waals surface area contributed by atoms with Gasteiger partial charge in [0.15, 0.2) is 5.82 Å². The van der Waals surface area contributed by atoms with E-state index >= 15 is 0 Å². The molecule has 0 aliphatic heterocycles. The summed E-state index contributed by atoms with van der Waals surface area (Å²) in [5.74, 6) is 0.223. The van der Waals surface area contributed by atoms with Crippen LogP contribution in [0.1, 0.15) is 45.6 Å². The third-order valence-electron chi connectivity index (χ3n) is 3.74. The number of rotatable bonds is 7. The van der Waals surface area contributed by atoms with E-state index in [0.717, 1.165) is 28.5 Å². The molecule has 0 saturated carbocycles. The van der Waals surface area contributed by atoms with Crippen LogP contribution in [0.5, 0.6) is 0 Å². The predicted molar refractivity (Wildman–Crippen MR) is 97.5 cm³/mol. The molecule has 0 aliphatic rings. The molecule has 2 heterocycles. The molecule has 7 nitrogen and oxygen atoms in total. The first-order valence-electron chi connectivity index (χ1n) is 8.17. The number of ether oxygens (including phenoxy) is 1. The van der Waals surface area contributed by atoms with Crippen molar-refractivity contribution in [3.63, 3.8) is 0 Å². The lowest BCUT2D eigenvalue weighted by Gasteiger charge is -2.09. The lowest BCUT2D eigenvalue weighted by molar-refractivity contribution is 0.0474. The predicted octanol–water partition coefficient (Wildman–Crippen LogP) is 2.84. The molecular formula is C18H19N5O2S. The summed E-state index contributed by atoms with van der Waals surface area (Å²) in [7, 11) is 0. The zero-order valence-electron chi connectivity index (χ0n) is 14.5. The monoisotopic (exact) mass is 369 g/mol. The minimum absolute atomic E-state index is 0.283. The fourth-order valence-electron chi connectivity index (χ4n) is 2.21. The molecule has 0 bridgehead atoms. The summed E-state index contributed by atoms with van der Waals surface area (Å²) in [6, 6.07) is 9.88. The van der Waals surface area contributed by atoms with E-state index in [4.69, 9.17) is 4.74 Å². The fraction of sp³-hybridized carbons (Fsp3) is 0.278. The summed E-state index contributed by atoms with van der Waals surface area (Å²) in [6.45, 7) is 4.49. The lowest BCUT2D eigenvalue weighted by atomic mass is 10.2. The molecule has 134 valence electrons. The minimum atomic E-state index is -0.296. The number of aryl methyl sites for hydroxylation is 1. The standard InChI is InChI=1S/C18H19N5O2S/c1-12-15(20-9-8-19-12)10-21-17(24)18-22-16(23-26-18)13(2)25-11-14-6-4-3-5-7-14/h3-9,13H,10-11H2,1-2H3,(H,21,24)/t13-/m1/s1. The van der Waals surface area contributed by atoms with E-state index in [0.29, 0.717) is 24.0 Å². The van der Waals surface area contributed by atoms with Crippen molar-refractivity contribution in [3.8, 4) is 0 Å². The largest absolute Gasteiger partial charge is 0.366 e. The highest BCUT2D eigenvalue weighted by Crippen LogP contribution is 2.18. The summed E-state index contributed by atoms with van der Waals surface area (Å²) in [4.78, 5) is 24.9. The van der Waals surface area contributed by atoms with Gasteiger partial charge < -0.3 is 10.1 Å². The van der Waals surface area contributed by atoms with Gasteiger partial charge in [0.05, 0.1) is 24.5 Å². The van der Waals surface area contributed by atoms with E-state index in [1.165, 1.54) is 0 Å². The van der Waals surface area contributed by atoms with Crippen LogP contribution < -0.4 is 5.32 Å². The van der Waals surface area contributed by atoms with E-state index in [-0.39, 0.29) is 12.0 Å². The van der Waals surface area contributed by atoms with Crippen LogP contribution >= 0.6 is 11.5 Å². The van der Waals surface area contributed by atoms with E-state index in [2.05, 4.69) is 24.6 Å². The van der Waals surface area contributed by atoms with Crippen molar-refractivity contribution >= 4 is 17.4 Å². The van der Waals surface area contributed by atoms with Crippen molar-refractivity contribution in [2.24, 2.45) is 0 Å². The van der Waals surface area contributed by atoms with Crippen LogP contribution in [-0.4, -0.2) is 25.2 Å². The Hall–Kier alpha value is -2.71. The topological polar surface area (TPSA) is 89.9 Å². The highest BCUT2D eigenvalue weighted by molar-refractivity contribution is 7.07. The molecule has 1 atom stereocenters. The third-order valence-corrected chi connectivity index (χ3v) is 4.47. The molecule has 0 spiro atoms. The molecule has 0 fully saturated rings. The van der Waals surface area contributed by atoms with Crippen molar-refractivity contribution in [2.45, 2.75) is 33.1 Å². The maximum absolute atomic E-state index is 12.3. The van der Waals surface area contributed by atoms with Gasteiger partial charge >= 0.3 is 0 Å². The number of carbonyl (C=O) groups is 1. The summed E-state index contributed by atoms with van der Waals surface area (Å²) in [5, 5.41) is 3.09. The molecule has 26 heavy (non-hydrogen) atoms. The number of hydrogen-bond donors (Lipinski definition) is 1. The molecule has 2 aromatic heterocycles. The summed E-state index contributed by atoms with van der Waals surface area (Å²) >= 11 is 1.06. The van der Waals surface area contributed by atoms with E-state index in [1.54, 1.807) is 12.4 Å². The normalized spacial score (nSPS) is 11.9. The number of benzene rings is 1. The van der Waals surface area contributed by atoms with E-state index in [1.807, 2.05) is 44.2 Å². The quantitative estimate of drug-likeness (QED) is 0.689. The Morgan fingerprint density at radius 2 is 2.00 bits per heavy atom. The number of amides is 1. The van der Waals surface area contributed by atoms with Crippen LogP contribution in [0.15, 0.2) is 42.7 Å². The first-order chi connectivity index (χ1) is 12.6. The Labute approximate surface area is 155 Å². The SMILES string of the molecule is Cc1nccnc1CNC(=O)c1nc([C@@H](C)OCc2ccccc2)ns1. The second-order valence-electron chi connectivity index (χ2n) is 5.67. The van der Waals surface area contributed by atoms with Gasteiger partial charge in [-0.3, -0.25) is 14.8 Å². The van der Waals surface area contributed by atoms with Gasteiger partial charge in [0.1, 0.15) is 6.10 Å². The van der Waals surface area contributed by atoms with Gasteiger partial charge in [-0.1, -0.05) is 30.3 Å². The first-order valence-corrected chi connectivity index (χ1v) is 8.94. The number of aromatic nitrogens is 4. The Kier molecular flexibility index (Phi) is 5.98. The third kappa shape index (κ3) is 4.68. The Bertz CT molecular complexity index is 869. The van der Waals surface area contributed by atoms with E-state index in [9.17, 15) is 4.79 Å². The average molecular weight is 369 g/mol. The molecule has 1 N–H and O–H groups in total. The minimum Gasteiger partial charge on any atom is -0.366 e. The zero-order valence-corrected chi connectivity index (χ0v) is 15.4. The van der Waals surface area contributed by atoms with Gasteiger partial charge in [-0.2, -0.15) is 4.37 Å². The second kappa shape index (κ2) is 8.59. The van der Waals surface area contributed by atoms with Crippen LogP contribution in [0, 0.1) is 6.92 Å². The molecule has 0 radical (unpaired) electrons. The van der Waals surface area contributed by atoms with Gasteiger partial charge in [0.25, 0.3) is 5.91 Å². The molecule has 3 rings (SSSR count). The highest BCUT2D eigenvalue weighted by atomic mass is 32.1. The number of nitrogens with zero attached hydrogens (tertiary/aromatic N) is 4. The molecule has 1 aromatic carbocycles. The Morgan fingerprint density at radius 1 is 1.23 bits per heavy atom. The van der Waals surface area contributed by atoms with Crippen molar-refractivity contribution < 1.29 is 9.53 Å². The second-order valence-corrected chi connectivity index (χ2v) is 6.42. The van der Waals surface area contributed by atoms with E-state index < -0.39 is 0 Å². The number of hydrogen-bond acceptors (Lipinski definition) is 7. The highest BCUT2D eigenvalue weighted by Gasteiger charge is 2.17. The van der Waals surface area contributed by atoms with Crippen LogP contribution in [-0.2, 0) is 17.9 Å². The number of nitrogens with one attached hydrogen (secondary N) is 1. The smallest absolute Gasteiger partial charge is 0.282 e. The summed E-state index contributed by atoms with van der Waals surface area (Å²) < 4.78 is 10.0. The van der Waals surface area contributed by atoms with Crippen molar-refractivity contribution in [2.75, 3.05) is 0 Å². The van der Waals surface area contributed by atoms with Crippen molar-refractivity contribution in [3.05, 3.63) is 70.5 Å². The summed E-state index contributed by atoms with van der Waals surface area (Å²) in [5.41, 5.74) is 2.59. The molecule has 3 aromatic rings. The van der Waals surface area contributed by atoms with Gasteiger partial charge in [0, 0.05) is 12.4 Å². The average Bonchev–Trinajstić information content (AvgIpc) is 3.16. The van der Waals surface area contributed by atoms with Gasteiger partial charge in [0.2, 0.25) is 5.01 Å². The molecule has 0 saturated heterocycles. The van der Waals surface area contributed by atoms with Crippen molar-refractivity contribution in [1.82, 2.24) is 24.6 Å². The van der Waals surface area contributed by atoms with Crippen LogP contribution in [0.2, 0.25) is 0 Å². The maximum atomic E-state index is 12.3. The fourth-order valence-corrected chi connectivity index (χ4v) is 2.87. The van der Waals surface area contributed by atoms with Crippen LogP contribution in [0.3, 0.4) is 0 Å². The lowest BCUT2D eigenvalue weighted by Crippen LogP contribution is -2.24. The molecule has 8 heteroatoms. The molecule has 0 unspecified atom stereocenters. The molecule has 0 aliphatic carbocycles. The Balaban J connectivity index is 1.54. The molecular weight excluding hydrogens is 350 g/mol. The van der Waals surface area contributed by atoms with Crippen LogP contribution in [0.4, 0.5) is 0 Å². The van der Waals surface area contributed by atoms with Gasteiger partial charge in [-0.25, -0.2) is 4.98 Å². The van der Waals surface area contributed by atoms with Gasteiger partial charge in [-0.15, -0.1) is 0 Å². The number of carbonyl (C=O) groups excluding carboxylic acids is 1. The van der Waals surface area contributed by atoms with Gasteiger partial charge in [-0.05, 0) is 30.9 Å². The Morgan fingerprint density at radius 3 is 2.77 bits per heavy atom. The molecule has 1 amide bonds. The first kappa shape index (κ1) is 18.1. The van der Waals surface area contributed by atoms with Crippen LogP contribution in [0.25, 0.3) is 0 Å². The summed E-state index contributed by atoms with van der Waals surface area (Å²) in [6.07, 6.45) is 2.92. The zero-order chi connectivity index (χ0) is 18.4.